The minimum atomic E-state index is 0.118. The van der Waals surface area contributed by atoms with Gasteiger partial charge in [-0.25, -0.2) is 4.99 Å². The van der Waals surface area contributed by atoms with E-state index in [2.05, 4.69) is 174 Å². The number of aromatic nitrogens is 1. The predicted octanol–water partition coefficient (Wildman–Crippen LogP) is 14.0. The number of nitrogens with one attached hydrogen (secondary N) is 1. The zero-order valence-corrected chi connectivity index (χ0v) is 31.7. The Labute approximate surface area is 337 Å². The summed E-state index contributed by atoms with van der Waals surface area (Å²) in [4.78, 5) is 7.00. The highest BCUT2D eigenvalue weighted by atomic mass is 15.3. The van der Waals surface area contributed by atoms with E-state index in [0.29, 0.717) is 0 Å². The first-order valence-corrected chi connectivity index (χ1v) is 19.5. The van der Waals surface area contributed by atoms with E-state index in [1.807, 2.05) is 59.5 Å². The van der Waals surface area contributed by atoms with Crippen molar-refractivity contribution < 1.29 is 0 Å². The molecular weight excluding hydrogens is 705 g/mol. The molecule has 0 fully saturated rings. The lowest BCUT2D eigenvalue weighted by Crippen LogP contribution is -2.25. The lowest BCUT2D eigenvalue weighted by molar-refractivity contribution is 1.18. The summed E-state index contributed by atoms with van der Waals surface area (Å²) in [5.74, 6) is 0.118. The molecular formula is C54H38N4. The van der Waals surface area contributed by atoms with Gasteiger partial charge in [-0.2, -0.15) is 0 Å². The van der Waals surface area contributed by atoms with Gasteiger partial charge in [0.1, 0.15) is 0 Å². The molecule has 0 radical (unpaired) electrons. The highest BCUT2D eigenvalue weighted by Gasteiger charge is 2.20. The Kier molecular flexibility index (Phi) is 8.97. The van der Waals surface area contributed by atoms with Gasteiger partial charge in [0.25, 0.3) is 0 Å². The van der Waals surface area contributed by atoms with Gasteiger partial charge in [-0.3, -0.25) is 10.3 Å². The van der Waals surface area contributed by atoms with Crippen LogP contribution in [0.4, 0.5) is 11.4 Å². The number of benzene rings is 8. The summed E-state index contributed by atoms with van der Waals surface area (Å²) in [6.45, 7) is 0. The van der Waals surface area contributed by atoms with Crippen LogP contribution in [0.1, 0.15) is 5.56 Å². The van der Waals surface area contributed by atoms with Gasteiger partial charge in [-0.15, -0.1) is 0 Å². The molecule has 0 unspecified atom stereocenters. The summed E-state index contributed by atoms with van der Waals surface area (Å²) in [7, 11) is 0. The van der Waals surface area contributed by atoms with E-state index >= 15 is 0 Å². The number of hydrogen-bond acceptors (Lipinski definition) is 1. The number of guanidine groups is 1. The molecule has 274 valence electrons. The molecule has 0 aliphatic heterocycles. The Bertz CT molecular complexity index is 3110. The van der Waals surface area contributed by atoms with E-state index in [1.54, 1.807) is 0 Å². The molecule has 0 saturated carbocycles. The number of hydrogen-bond donors (Lipinski definition) is 1. The maximum absolute atomic E-state index is 9.69. The first kappa shape index (κ1) is 34.7. The zero-order valence-electron chi connectivity index (χ0n) is 31.7. The van der Waals surface area contributed by atoms with Crippen LogP contribution in [0.5, 0.6) is 0 Å². The molecule has 0 spiro atoms. The standard InChI is InChI=1S/C54H38N4/c55-54(56-51-29-14-11-21-43(51)34-38-17-16-22-40(33-38)39-18-4-1-5-19-39)57(44-23-6-2-7-24-44)46-35-41-20-10-12-27-47(41)49(37-46)42-31-32-53-50(36-42)48-28-13-15-30-52(48)58(53)45-25-8-3-9-26-45/h1-37,55H/b43-34+,55-54?,56-51-. The van der Waals surface area contributed by atoms with Crippen molar-refractivity contribution in [2.24, 2.45) is 4.99 Å². The molecule has 1 heterocycles. The minimum absolute atomic E-state index is 0.118. The largest absolute Gasteiger partial charge is 0.309 e. The summed E-state index contributed by atoms with van der Waals surface area (Å²) in [6, 6.07) is 67.9. The molecule has 10 rings (SSSR count). The van der Waals surface area contributed by atoms with Crippen molar-refractivity contribution in [2.45, 2.75) is 0 Å². The molecule has 1 aromatic heterocycles. The van der Waals surface area contributed by atoms with E-state index in [0.717, 1.165) is 66.9 Å². The molecule has 1 aliphatic carbocycles. The van der Waals surface area contributed by atoms with Crippen LogP contribution in [0.15, 0.2) is 229 Å². The number of nitrogens with zero attached hydrogens (tertiary/aromatic N) is 3. The van der Waals surface area contributed by atoms with Crippen molar-refractivity contribution in [3.8, 4) is 27.9 Å². The number of para-hydroxylation sites is 3. The van der Waals surface area contributed by atoms with Crippen LogP contribution in [0.3, 0.4) is 0 Å². The Morgan fingerprint density at radius 1 is 0.500 bits per heavy atom. The van der Waals surface area contributed by atoms with E-state index in [9.17, 15) is 5.41 Å². The second kappa shape index (κ2) is 15.0. The Hall–Kier alpha value is -7.82. The lowest BCUT2D eigenvalue weighted by Gasteiger charge is -2.25. The first-order chi connectivity index (χ1) is 28.7. The molecule has 1 N–H and O–H groups in total. The number of rotatable bonds is 6. The van der Waals surface area contributed by atoms with Crippen molar-refractivity contribution >= 4 is 61.7 Å². The van der Waals surface area contributed by atoms with Gasteiger partial charge in [0.05, 0.1) is 22.4 Å². The molecule has 4 heteroatoms. The van der Waals surface area contributed by atoms with Crippen LogP contribution in [0, 0.1) is 5.41 Å². The molecule has 0 atom stereocenters. The number of fused-ring (bicyclic) bond motifs is 4. The number of aliphatic imine (C=N–C) groups is 1. The summed E-state index contributed by atoms with van der Waals surface area (Å²) >= 11 is 0. The Morgan fingerprint density at radius 2 is 1.17 bits per heavy atom. The third-order valence-electron chi connectivity index (χ3n) is 10.8. The monoisotopic (exact) mass is 742 g/mol. The average molecular weight is 743 g/mol. The van der Waals surface area contributed by atoms with Crippen LogP contribution < -0.4 is 4.90 Å². The molecule has 58 heavy (non-hydrogen) atoms. The molecule has 9 aromatic rings. The van der Waals surface area contributed by atoms with Crippen molar-refractivity contribution in [2.75, 3.05) is 4.90 Å². The zero-order chi connectivity index (χ0) is 38.8. The fourth-order valence-corrected chi connectivity index (χ4v) is 8.12. The Balaban J connectivity index is 1.09. The molecule has 0 saturated heterocycles. The van der Waals surface area contributed by atoms with E-state index in [1.165, 1.54) is 21.9 Å². The summed E-state index contributed by atoms with van der Waals surface area (Å²) in [5.41, 5.74) is 12.4. The third-order valence-corrected chi connectivity index (χ3v) is 10.8. The van der Waals surface area contributed by atoms with Crippen molar-refractivity contribution in [1.82, 2.24) is 4.57 Å². The molecule has 8 aromatic carbocycles. The van der Waals surface area contributed by atoms with Crippen molar-refractivity contribution in [3.63, 3.8) is 0 Å². The smallest absolute Gasteiger partial charge is 0.227 e. The van der Waals surface area contributed by atoms with Crippen LogP contribution in [0.2, 0.25) is 0 Å². The van der Waals surface area contributed by atoms with E-state index in [-0.39, 0.29) is 5.96 Å². The van der Waals surface area contributed by atoms with Crippen LogP contribution >= 0.6 is 0 Å². The lowest BCUT2D eigenvalue weighted by atomic mass is 9.95. The number of allylic oxidation sites excluding steroid dienone is 5. The summed E-state index contributed by atoms with van der Waals surface area (Å²) in [6.07, 6.45) is 10.2. The van der Waals surface area contributed by atoms with Gasteiger partial charge in [0.15, 0.2) is 0 Å². The van der Waals surface area contributed by atoms with Gasteiger partial charge >= 0.3 is 0 Å². The van der Waals surface area contributed by atoms with Gasteiger partial charge in [0, 0.05) is 27.7 Å². The number of anilines is 2. The maximum atomic E-state index is 9.69. The van der Waals surface area contributed by atoms with Crippen LogP contribution in [-0.4, -0.2) is 16.2 Å². The highest BCUT2D eigenvalue weighted by Crippen LogP contribution is 2.40. The topological polar surface area (TPSA) is 44.4 Å². The second-order valence-corrected chi connectivity index (χ2v) is 14.4. The molecule has 1 aliphatic rings. The highest BCUT2D eigenvalue weighted by molar-refractivity contribution is 6.20. The van der Waals surface area contributed by atoms with Crippen LogP contribution in [0.25, 0.3) is 66.6 Å². The average Bonchev–Trinajstić information content (AvgIpc) is 3.62. The maximum Gasteiger partial charge on any atom is 0.227 e. The van der Waals surface area contributed by atoms with E-state index < -0.39 is 0 Å². The SMILES string of the molecule is N=C(/N=C1/C=CC=C/C1=C\c1cccc(-c2ccccc2)c1)N(c1ccccc1)c1cc(-c2ccc3c(c2)c2ccccc2n3-c2ccccc2)c2ccccc2c1. The van der Waals surface area contributed by atoms with Crippen molar-refractivity contribution in [1.29, 1.82) is 5.41 Å². The van der Waals surface area contributed by atoms with Gasteiger partial charge in [-0.05, 0) is 111 Å². The van der Waals surface area contributed by atoms with Gasteiger partial charge < -0.3 is 4.57 Å². The molecule has 0 amide bonds. The normalized spacial score (nSPS) is 13.9. The third kappa shape index (κ3) is 6.53. The fraction of sp³-hybridized carbons (Fsp3) is 0. The quantitative estimate of drug-likeness (QED) is 0.134. The first-order valence-electron chi connectivity index (χ1n) is 19.5. The second-order valence-electron chi connectivity index (χ2n) is 14.4. The van der Waals surface area contributed by atoms with Gasteiger partial charge in [-0.1, -0.05) is 152 Å². The predicted molar refractivity (Wildman–Crippen MR) is 246 cm³/mol. The van der Waals surface area contributed by atoms with Crippen LogP contribution in [-0.2, 0) is 0 Å². The van der Waals surface area contributed by atoms with Gasteiger partial charge in [0.2, 0.25) is 5.96 Å². The summed E-state index contributed by atoms with van der Waals surface area (Å²) in [5, 5.41) is 14.3. The van der Waals surface area contributed by atoms with Crippen molar-refractivity contribution in [3.05, 3.63) is 230 Å². The molecule has 0 bridgehead atoms. The minimum Gasteiger partial charge on any atom is -0.309 e. The summed E-state index contributed by atoms with van der Waals surface area (Å²) < 4.78 is 2.35. The van der Waals surface area contributed by atoms with E-state index in [4.69, 9.17) is 4.99 Å². The fourth-order valence-electron chi connectivity index (χ4n) is 8.12. The molecule has 4 nitrogen and oxygen atoms in total. The Morgan fingerprint density at radius 3 is 2.00 bits per heavy atom.